The van der Waals surface area contributed by atoms with Gasteiger partial charge in [-0.25, -0.2) is 9.38 Å². The molecule has 30 heavy (non-hydrogen) atoms. The average Bonchev–Trinajstić information content (AvgIpc) is 3.35. The van der Waals surface area contributed by atoms with Gasteiger partial charge >= 0.3 is 0 Å². The summed E-state index contributed by atoms with van der Waals surface area (Å²) in [5.74, 6) is 2.28. The number of hydrogen-bond acceptors (Lipinski definition) is 3. The van der Waals surface area contributed by atoms with Crippen LogP contribution in [0.3, 0.4) is 0 Å². The van der Waals surface area contributed by atoms with Gasteiger partial charge in [0.25, 0.3) is 0 Å². The van der Waals surface area contributed by atoms with E-state index < -0.39 is 0 Å². The highest BCUT2D eigenvalue weighted by Crippen LogP contribution is 2.22. The summed E-state index contributed by atoms with van der Waals surface area (Å²) in [5.41, 5.74) is 7.43. The van der Waals surface area contributed by atoms with Crippen molar-refractivity contribution in [2.75, 3.05) is 12.4 Å². The largest absolute Gasteiger partial charge is 0.474 e. The number of nitrogens with zero attached hydrogens (tertiary/aromatic N) is 2. The Hall–Kier alpha value is -2.53. The molecule has 0 unspecified atom stereocenters. The minimum absolute atomic E-state index is 0.150. The molecular formula is C25H27FN2OS. The first-order valence-electron chi connectivity index (χ1n) is 10.2. The van der Waals surface area contributed by atoms with Gasteiger partial charge in [-0.05, 0) is 67.3 Å². The molecule has 4 rings (SSSR count). The fraction of sp³-hybridized carbons (Fsp3) is 0.320. The monoisotopic (exact) mass is 422 g/mol. The lowest BCUT2D eigenvalue weighted by atomic mass is 10.00. The lowest BCUT2D eigenvalue weighted by Gasteiger charge is -2.14. The molecule has 2 heterocycles. The Morgan fingerprint density at radius 2 is 1.83 bits per heavy atom. The standard InChI is InChI=1S/C25H27FN2OS/c1-17-11-18(2)23(19(3)12-17)13-28-10-4-5-24(28)25-27-22(14-29-25)16-30-15-20-6-8-21(26)9-7-20/h4-12,22H,13-16H2,1-3H3/t22-/m1/s1. The van der Waals surface area contributed by atoms with Crippen molar-refractivity contribution in [3.8, 4) is 0 Å². The molecule has 0 aliphatic carbocycles. The first-order valence-corrected chi connectivity index (χ1v) is 11.4. The van der Waals surface area contributed by atoms with E-state index in [0.29, 0.717) is 6.61 Å². The first kappa shape index (κ1) is 20.7. The fourth-order valence-corrected chi connectivity index (χ4v) is 4.90. The summed E-state index contributed by atoms with van der Waals surface area (Å²) in [6.45, 7) is 7.92. The Morgan fingerprint density at radius 1 is 1.10 bits per heavy atom. The summed E-state index contributed by atoms with van der Waals surface area (Å²) in [5, 5.41) is 0. The molecule has 0 spiro atoms. The second-order valence-electron chi connectivity index (χ2n) is 7.94. The molecule has 2 aromatic carbocycles. The van der Waals surface area contributed by atoms with Crippen LogP contribution in [0.4, 0.5) is 4.39 Å². The molecule has 3 nitrogen and oxygen atoms in total. The molecule has 0 N–H and O–H groups in total. The predicted molar refractivity (Wildman–Crippen MR) is 123 cm³/mol. The third-order valence-corrected chi connectivity index (χ3v) is 6.58. The highest BCUT2D eigenvalue weighted by molar-refractivity contribution is 7.98. The lowest BCUT2D eigenvalue weighted by molar-refractivity contribution is 0.323. The normalized spacial score (nSPS) is 15.9. The Morgan fingerprint density at radius 3 is 2.57 bits per heavy atom. The number of aromatic nitrogens is 1. The summed E-state index contributed by atoms with van der Waals surface area (Å²) < 4.78 is 21.2. The van der Waals surface area contributed by atoms with Gasteiger partial charge in [-0.15, -0.1) is 0 Å². The topological polar surface area (TPSA) is 26.5 Å². The van der Waals surface area contributed by atoms with E-state index >= 15 is 0 Å². The zero-order valence-electron chi connectivity index (χ0n) is 17.7. The van der Waals surface area contributed by atoms with E-state index in [2.05, 4.69) is 55.8 Å². The molecule has 156 valence electrons. The zero-order valence-corrected chi connectivity index (χ0v) is 18.5. The molecule has 0 radical (unpaired) electrons. The van der Waals surface area contributed by atoms with Gasteiger partial charge < -0.3 is 9.30 Å². The molecule has 1 atom stereocenters. The quantitative estimate of drug-likeness (QED) is 0.490. The van der Waals surface area contributed by atoms with E-state index in [1.807, 2.05) is 12.1 Å². The van der Waals surface area contributed by atoms with Crippen molar-refractivity contribution in [2.45, 2.75) is 39.1 Å². The molecule has 1 aliphatic heterocycles. The van der Waals surface area contributed by atoms with Crippen LogP contribution in [-0.2, 0) is 17.0 Å². The molecule has 3 aromatic rings. The summed E-state index contributed by atoms with van der Waals surface area (Å²) in [7, 11) is 0. The predicted octanol–water partition coefficient (Wildman–Crippen LogP) is 5.68. The van der Waals surface area contributed by atoms with E-state index in [4.69, 9.17) is 9.73 Å². The molecule has 1 aliphatic rings. The third kappa shape index (κ3) is 4.78. The number of hydrogen-bond donors (Lipinski definition) is 0. The zero-order chi connectivity index (χ0) is 21.1. The second-order valence-corrected chi connectivity index (χ2v) is 8.97. The van der Waals surface area contributed by atoms with Crippen LogP contribution >= 0.6 is 11.8 Å². The van der Waals surface area contributed by atoms with Gasteiger partial charge in [-0.2, -0.15) is 11.8 Å². The first-order chi connectivity index (χ1) is 14.5. The van der Waals surface area contributed by atoms with E-state index in [1.165, 1.54) is 34.4 Å². The highest BCUT2D eigenvalue weighted by Gasteiger charge is 2.22. The van der Waals surface area contributed by atoms with E-state index in [-0.39, 0.29) is 11.9 Å². The van der Waals surface area contributed by atoms with E-state index in [0.717, 1.165) is 35.2 Å². The summed E-state index contributed by atoms with van der Waals surface area (Å²) in [4.78, 5) is 4.83. The number of ether oxygens (including phenoxy) is 1. The van der Waals surface area contributed by atoms with Gasteiger partial charge in [-0.3, -0.25) is 0 Å². The van der Waals surface area contributed by atoms with E-state index in [9.17, 15) is 4.39 Å². The Labute approximate surface area is 182 Å². The lowest BCUT2D eigenvalue weighted by Crippen LogP contribution is -2.12. The Kier molecular flexibility index (Phi) is 6.28. The molecule has 0 saturated heterocycles. The summed E-state index contributed by atoms with van der Waals surface area (Å²) >= 11 is 1.80. The number of aryl methyl sites for hydroxylation is 3. The number of benzene rings is 2. The van der Waals surface area contributed by atoms with Crippen molar-refractivity contribution in [3.63, 3.8) is 0 Å². The van der Waals surface area contributed by atoms with Gasteiger partial charge in [-0.1, -0.05) is 29.8 Å². The van der Waals surface area contributed by atoms with Crippen LogP contribution in [0.25, 0.3) is 0 Å². The number of aliphatic imine (C=N–C) groups is 1. The summed E-state index contributed by atoms with van der Waals surface area (Å²) in [6, 6.07) is 15.5. The van der Waals surface area contributed by atoms with Crippen LogP contribution in [0.15, 0.2) is 59.7 Å². The number of thioether (sulfide) groups is 1. The van der Waals surface area contributed by atoms with Crippen LogP contribution in [0.1, 0.15) is 33.5 Å². The van der Waals surface area contributed by atoms with E-state index in [1.54, 1.807) is 11.8 Å². The minimum Gasteiger partial charge on any atom is -0.474 e. The average molecular weight is 423 g/mol. The van der Waals surface area contributed by atoms with Crippen molar-refractivity contribution in [2.24, 2.45) is 4.99 Å². The van der Waals surface area contributed by atoms with Crippen molar-refractivity contribution >= 4 is 17.7 Å². The molecule has 0 saturated carbocycles. The maximum absolute atomic E-state index is 13.0. The van der Waals surface area contributed by atoms with Crippen LogP contribution in [-0.4, -0.2) is 28.9 Å². The smallest absolute Gasteiger partial charge is 0.233 e. The molecule has 1 aromatic heterocycles. The van der Waals surface area contributed by atoms with Crippen LogP contribution in [0.2, 0.25) is 0 Å². The van der Waals surface area contributed by atoms with Crippen molar-refractivity contribution < 1.29 is 9.13 Å². The summed E-state index contributed by atoms with van der Waals surface area (Å²) in [6.07, 6.45) is 2.09. The maximum Gasteiger partial charge on any atom is 0.233 e. The van der Waals surface area contributed by atoms with Crippen LogP contribution in [0, 0.1) is 26.6 Å². The highest BCUT2D eigenvalue weighted by atomic mass is 32.2. The number of halogens is 1. The fourth-order valence-electron chi connectivity index (χ4n) is 3.91. The maximum atomic E-state index is 13.0. The third-order valence-electron chi connectivity index (χ3n) is 5.42. The van der Waals surface area contributed by atoms with Gasteiger partial charge in [0, 0.05) is 24.2 Å². The van der Waals surface area contributed by atoms with Crippen molar-refractivity contribution in [3.05, 3.63) is 94.1 Å². The molecular weight excluding hydrogens is 395 g/mol. The van der Waals surface area contributed by atoms with Gasteiger partial charge in [0.1, 0.15) is 18.1 Å². The van der Waals surface area contributed by atoms with Gasteiger partial charge in [0.05, 0.1) is 6.04 Å². The van der Waals surface area contributed by atoms with Crippen molar-refractivity contribution in [1.29, 1.82) is 0 Å². The SMILES string of the molecule is Cc1cc(C)c(Cn2cccc2C2=N[C@@H](CSCc3ccc(F)cc3)CO2)c(C)c1. The Balaban J connectivity index is 1.41. The molecule has 0 amide bonds. The molecule has 0 fully saturated rings. The number of rotatable bonds is 7. The van der Waals surface area contributed by atoms with Crippen LogP contribution in [0.5, 0.6) is 0 Å². The second kappa shape index (κ2) is 9.09. The molecule has 5 heteroatoms. The minimum atomic E-state index is -0.193. The van der Waals surface area contributed by atoms with Crippen LogP contribution < -0.4 is 0 Å². The Bertz CT molecular complexity index is 1030. The van der Waals surface area contributed by atoms with Crippen molar-refractivity contribution in [1.82, 2.24) is 4.57 Å². The van der Waals surface area contributed by atoms with Gasteiger partial charge in [0.15, 0.2) is 0 Å². The van der Waals surface area contributed by atoms with Gasteiger partial charge in [0.2, 0.25) is 5.90 Å². The molecule has 0 bridgehead atoms.